The summed E-state index contributed by atoms with van der Waals surface area (Å²) in [6.45, 7) is 1.72. The van der Waals surface area contributed by atoms with Crippen molar-refractivity contribution in [2.75, 3.05) is 7.05 Å². The summed E-state index contributed by atoms with van der Waals surface area (Å²) < 4.78 is 27.7. The van der Waals surface area contributed by atoms with Crippen molar-refractivity contribution in [2.24, 2.45) is 5.10 Å². The van der Waals surface area contributed by atoms with Crippen molar-refractivity contribution in [2.45, 2.75) is 6.92 Å². The minimum atomic E-state index is -0.857. The van der Waals surface area contributed by atoms with E-state index in [0.717, 1.165) is 17.3 Å². The maximum atomic E-state index is 13.9. The zero-order valence-electron chi connectivity index (χ0n) is 13.5. The average Bonchev–Trinajstić information content (AvgIpc) is 2.61. The van der Waals surface area contributed by atoms with Gasteiger partial charge in [-0.05, 0) is 37.3 Å². The van der Waals surface area contributed by atoms with Gasteiger partial charge in [-0.15, -0.1) is 0 Å². The molecular formula is C17H15F2N3O3. The van der Waals surface area contributed by atoms with E-state index in [1.165, 1.54) is 42.9 Å². The summed E-state index contributed by atoms with van der Waals surface area (Å²) in [5, 5.41) is 13.2. The highest BCUT2D eigenvalue weighted by Gasteiger charge is 2.16. The maximum Gasteiger partial charge on any atom is 0.276 e. The quantitative estimate of drug-likeness (QED) is 0.506. The van der Waals surface area contributed by atoms with Gasteiger partial charge in [-0.3, -0.25) is 14.8 Å². The summed E-state index contributed by atoms with van der Waals surface area (Å²) in [6.07, 6.45) is 1.07. The predicted octanol–water partition coefficient (Wildman–Crippen LogP) is 2.50. The zero-order valence-corrected chi connectivity index (χ0v) is 13.5. The molecule has 0 spiro atoms. The van der Waals surface area contributed by atoms with Gasteiger partial charge in [-0.25, -0.2) is 19.3 Å². The number of carbonyl (C=O) groups excluding carboxylic acids is 2. The first kappa shape index (κ1) is 18.2. The highest BCUT2D eigenvalue weighted by molar-refractivity contribution is 5.96. The van der Waals surface area contributed by atoms with E-state index in [2.05, 4.69) is 5.10 Å². The minimum Gasteiger partial charge on any atom is -0.288 e. The number of halogens is 2. The van der Waals surface area contributed by atoms with E-state index in [0.29, 0.717) is 5.56 Å². The lowest BCUT2D eigenvalue weighted by Crippen LogP contribution is -2.22. The van der Waals surface area contributed by atoms with E-state index in [-0.39, 0.29) is 16.7 Å². The van der Waals surface area contributed by atoms with Gasteiger partial charge >= 0.3 is 0 Å². The Morgan fingerprint density at radius 3 is 2.52 bits per heavy atom. The fourth-order valence-corrected chi connectivity index (χ4v) is 2.02. The van der Waals surface area contributed by atoms with Crippen LogP contribution in [0.1, 0.15) is 31.8 Å². The van der Waals surface area contributed by atoms with E-state index in [1.807, 2.05) is 0 Å². The number of nitrogens with one attached hydrogen (secondary N) is 1. The molecule has 6 nitrogen and oxygen atoms in total. The minimum absolute atomic E-state index is 0.0128. The second kappa shape index (κ2) is 7.63. The number of carbonyl (C=O) groups is 2. The van der Waals surface area contributed by atoms with Gasteiger partial charge in [0, 0.05) is 18.2 Å². The number of hydroxylamine groups is 1. The van der Waals surface area contributed by atoms with Crippen LogP contribution in [0.15, 0.2) is 41.5 Å². The Kier molecular flexibility index (Phi) is 5.56. The summed E-state index contributed by atoms with van der Waals surface area (Å²) in [6, 6.07) is 7.56. The first-order valence-electron chi connectivity index (χ1n) is 7.15. The first-order valence-corrected chi connectivity index (χ1v) is 7.15. The van der Waals surface area contributed by atoms with Crippen LogP contribution in [0.2, 0.25) is 0 Å². The molecule has 0 radical (unpaired) electrons. The van der Waals surface area contributed by atoms with E-state index in [1.54, 1.807) is 6.92 Å². The predicted molar refractivity (Wildman–Crippen MR) is 86.5 cm³/mol. The molecule has 25 heavy (non-hydrogen) atoms. The lowest BCUT2D eigenvalue weighted by molar-refractivity contribution is 0.0705. The van der Waals surface area contributed by atoms with E-state index in [9.17, 15) is 18.4 Å². The number of hydrazone groups is 1. The summed E-state index contributed by atoms with van der Waals surface area (Å²) in [5.41, 5.74) is 1.90. The molecule has 0 unspecified atom stereocenters. The molecular weight excluding hydrogens is 332 g/mol. The standard InChI is InChI=1S/C17H15F2N3O3/c1-10-3-6-14(18)13(7-10)17(24)22(2)20-9-12-5-4-11(8-15(12)19)16(23)21-25/h3-9,25H,1-2H3,(H,21,23)/b20-9+. The van der Waals surface area contributed by atoms with Gasteiger partial charge in [-0.1, -0.05) is 11.6 Å². The number of hydrogen-bond donors (Lipinski definition) is 2. The fraction of sp³-hybridized carbons (Fsp3) is 0.118. The van der Waals surface area contributed by atoms with E-state index < -0.39 is 23.4 Å². The van der Waals surface area contributed by atoms with Gasteiger partial charge < -0.3 is 0 Å². The molecule has 0 fully saturated rings. The third-order valence-electron chi connectivity index (χ3n) is 3.38. The molecule has 0 heterocycles. The molecule has 0 aliphatic heterocycles. The molecule has 0 saturated carbocycles. The SMILES string of the molecule is Cc1ccc(F)c(C(=O)N(C)/N=C/c2ccc(C(=O)NO)cc2F)c1. The van der Waals surface area contributed by atoms with Crippen molar-refractivity contribution in [1.82, 2.24) is 10.5 Å². The van der Waals surface area contributed by atoms with Crippen LogP contribution in [-0.2, 0) is 0 Å². The van der Waals surface area contributed by atoms with E-state index >= 15 is 0 Å². The Bertz CT molecular complexity index is 853. The summed E-state index contributed by atoms with van der Waals surface area (Å²) in [4.78, 5) is 23.4. The second-order valence-corrected chi connectivity index (χ2v) is 5.23. The molecule has 2 rings (SSSR count). The molecule has 0 aliphatic rings. The molecule has 130 valence electrons. The number of amides is 2. The molecule has 0 atom stereocenters. The highest BCUT2D eigenvalue weighted by atomic mass is 19.1. The third-order valence-corrected chi connectivity index (χ3v) is 3.38. The number of nitrogens with zero attached hydrogens (tertiary/aromatic N) is 2. The molecule has 0 saturated heterocycles. The van der Waals surface area contributed by atoms with Crippen LogP contribution in [0.25, 0.3) is 0 Å². The van der Waals surface area contributed by atoms with Crippen LogP contribution in [0, 0.1) is 18.6 Å². The molecule has 2 aromatic carbocycles. The van der Waals surface area contributed by atoms with Crippen molar-refractivity contribution < 1.29 is 23.6 Å². The van der Waals surface area contributed by atoms with Gasteiger partial charge in [0.1, 0.15) is 11.6 Å². The Balaban J connectivity index is 2.19. The van der Waals surface area contributed by atoms with Crippen LogP contribution in [0.5, 0.6) is 0 Å². The van der Waals surface area contributed by atoms with Crippen LogP contribution in [-0.4, -0.2) is 35.3 Å². The van der Waals surface area contributed by atoms with Crippen LogP contribution >= 0.6 is 0 Å². The lowest BCUT2D eigenvalue weighted by atomic mass is 10.1. The van der Waals surface area contributed by atoms with Crippen LogP contribution in [0.4, 0.5) is 8.78 Å². The van der Waals surface area contributed by atoms with Crippen molar-refractivity contribution in [1.29, 1.82) is 0 Å². The van der Waals surface area contributed by atoms with Gasteiger partial charge in [0.2, 0.25) is 0 Å². The fourth-order valence-electron chi connectivity index (χ4n) is 2.02. The Morgan fingerprint density at radius 1 is 1.16 bits per heavy atom. The molecule has 0 aliphatic carbocycles. The summed E-state index contributed by atoms with van der Waals surface area (Å²) in [7, 11) is 1.31. The number of rotatable bonds is 4. The van der Waals surface area contributed by atoms with Gasteiger partial charge in [0.15, 0.2) is 0 Å². The second-order valence-electron chi connectivity index (χ2n) is 5.23. The molecule has 0 aromatic heterocycles. The largest absolute Gasteiger partial charge is 0.288 e. The molecule has 0 bridgehead atoms. The van der Waals surface area contributed by atoms with Crippen LogP contribution in [0.3, 0.4) is 0 Å². The highest BCUT2D eigenvalue weighted by Crippen LogP contribution is 2.13. The van der Waals surface area contributed by atoms with Crippen molar-refractivity contribution in [3.8, 4) is 0 Å². The Labute approximate surface area is 142 Å². The third kappa shape index (κ3) is 4.24. The molecule has 8 heteroatoms. The number of benzene rings is 2. The average molecular weight is 347 g/mol. The summed E-state index contributed by atoms with van der Waals surface area (Å²) >= 11 is 0. The zero-order chi connectivity index (χ0) is 18.6. The van der Waals surface area contributed by atoms with Gasteiger partial charge in [0.05, 0.1) is 11.8 Å². The van der Waals surface area contributed by atoms with Crippen molar-refractivity contribution in [3.63, 3.8) is 0 Å². The Hall–Kier alpha value is -3.13. The smallest absolute Gasteiger partial charge is 0.276 e. The van der Waals surface area contributed by atoms with Crippen molar-refractivity contribution in [3.05, 3.63) is 70.3 Å². The number of hydrogen-bond acceptors (Lipinski definition) is 4. The molecule has 2 N–H and O–H groups in total. The normalized spacial score (nSPS) is 10.8. The van der Waals surface area contributed by atoms with Crippen LogP contribution < -0.4 is 5.48 Å². The molecule has 2 amide bonds. The van der Waals surface area contributed by atoms with Gasteiger partial charge in [0.25, 0.3) is 11.8 Å². The summed E-state index contributed by atoms with van der Waals surface area (Å²) in [5.74, 6) is -2.99. The first-order chi connectivity index (χ1) is 11.8. The lowest BCUT2D eigenvalue weighted by Gasteiger charge is -2.12. The van der Waals surface area contributed by atoms with Crippen molar-refractivity contribution >= 4 is 18.0 Å². The maximum absolute atomic E-state index is 13.9. The monoisotopic (exact) mass is 347 g/mol. The van der Waals surface area contributed by atoms with Gasteiger partial charge in [-0.2, -0.15) is 5.10 Å². The molecule has 2 aromatic rings. The Morgan fingerprint density at radius 2 is 1.88 bits per heavy atom. The number of aryl methyl sites for hydroxylation is 1. The van der Waals surface area contributed by atoms with E-state index in [4.69, 9.17) is 5.21 Å². The topological polar surface area (TPSA) is 82.0 Å².